The number of hydrogen-bond acceptors (Lipinski definition) is 4. The minimum absolute atomic E-state index is 0.188. The van der Waals surface area contributed by atoms with E-state index in [2.05, 4.69) is 11.9 Å². The third kappa shape index (κ3) is 2.64. The monoisotopic (exact) mass is 224 g/mol. The lowest BCUT2D eigenvalue weighted by Gasteiger charge is -2.22. The van der Waals surface area contributed by atoms with Gasteiger partial charge < -0.3 is 19.8 Å². The summed E-state index contributed by atoms with van der Waals surface area (Å²) in [6.07, 6.45) is 1.74. The van der Waals surface area contributed by atoms with Crippen LogP contribution in [0.1, 0.15) is 11.3 Å². The Balaban J connectivity index is 1.84. The van der Waals surface area contributed by atoms with Crippen molar-refractivity contribution >= 4 is 0 Å². The van der Waals surface area contributed by atoms with Crippen LogP contribution < -0.4 is 5.73 Å². The number of ether oxygens (including phenoxy) is 1. The summed E-state index contributed by atoms with van der Waals surface area (Å²) < 4.78 is 10.6. The number of furan rings is 1. The fraction of sp³-hybridized carbons (Fsp3) is 0.667. The largest absolute Gasteiger partial charge is 0.469 e. The van der Waals surface area contributed by atoms with E-state index in [9.17, 15) is 0 Å². The molecule has 1 aromatic rings. The minimum atomic E-state index is 0.188. The van der Waals surface area contributed by atoms with Crippen molar-refractivity contribution in [2.45, 2.75) is 19.5 Å². The van der Waals surface area contributed by atoms with Crippen LogP contribution in [-0.4, -0.2) is 37.7 Å². The molecule has 90 valence electrons. The lowest BCUT2D eigenvalue weighted by molar-refractivity contribution is 0.172. The molecule has 0 spiro atoms. The molecule has 2 heterocycles. The zero-order chi connectivity index (χ0) is 11.5. The van der Waals surface area contributed by atoms with Crippen LogP contribution >= 0.6 is 0 Å². The van der Waals surface area contributed by atoms with Crippen LogP contribution in [0.4, 0.5) is 0 Å². The molecule has 1 fully saturated rings. The van der Waals surface area contributed by atoms with Crippen LogP contribution in [0.25, 0.3) is 0 Å². The SMILES string of the molecule is Cc1occc1CN(C)CC1COCC1N. The van der Waals surface area contributed by atoms with Gasteiger partial charge in [-0.25, -0.2) is 0 Å². The average Bonchev–Trinajstić information content (AvgIpc) is 2.79. The molecule has 16 heavy (non-hydrogen) atoms. The molecule has 0 saturated carbocycles. The molecule has 2 atom stereocenters. The Morgan fingerprint density at radius 2 is 2.31 bits per heavy atom. The molecule has 0 aromatic carbocycles. The molecule has 1 aliphatic rings. The van der Waals surface area contributed by atoms with Crippen LogP contribution in [0.2, 0.25) is 0 Å². The molecule has 4 nitrogen and oxygen atoms in total. The highest BCUT2D eigenvalue weighted by molar-refractivity contribution is 5.15. The van der Waals surface area contributed by atoms with Crippen LogP contribution in [-0.2, 0) is 11.3 Å². The van der Waals surface area contributed by atoms with E-state index in [0.29, 0.717) is 12.5 Å². The van der Waals surface area contributed by atoms with Crippen molar-refractivity contribution in [1.29, 1.82) is 0 Å². The highest BCUT2D eigenvalue weighted by Gasteiger charge is 2.25. The van der Waals surface area contributed by atoms with Gasteiger partial charge in [0.05, 0.1) is 19.5 Å². The Labute approximate surface area is 96.4 Å². The molecule has 1 aliphatic heterocycles. The van der Waals surface area contributed by atoms with Gasteiger partial charge >= 0.3 is 0 Å². The van der Waals surface area contributed by atoms with E-state index in [0.717, 1.165) is 25.5 Å². The maximum Gasteiger partial charge on any atom is 0.105 e. The molecule has 0 aliphatic carbocycles. The van der Waals surface area contributed by atoms with Crippen molar-refractivity contribution < 1.29 is 9.15 Å². The van der Waals surface area contributed by atoms with Crippen LogP contribution in [0.15, 0.2) is 16.7 Å². The van der Waals surface area contributed by atoms with Crippen LogP contribution in [0.5, 0.6) is 0 Å². The summed E-state index contributed by atoms with van der Waals surface area (Å²) in [5.74, 6) is 1.45. The van der Waals surface area contributed by atoms with Crippen LogP contribution in [0.3, 0.4) is 0 Å². The van der Waals surface area contributed by atoms with E-state index in [1.54, 1.807) is 6.26 Å². The van der Waals surface area contributed by atoms with Gasteiger partial charge in [0.1, 0.15) is 5.76 Å². The maximum atomic E-state index is 5.96. The van der Waals surface area contributed by atoms with E-state index in [1.165, 1.54) is 5.56 Å². The van der Waals surface area contributed by atoms with E-state index in [-0.39, 0.29) is 6.04 Å². The first-order valence-corrected chi connectivity index (χ1v) is 5.71. The summed E-state index contributed by atoms with van der Waals surface area (Å²) >= 11 is 0. The average molecular weight is 224 g/mol. The lowest BCUT2D eigenvalue weighted by atomic mass is 10.0. The number of rotatable bonds is 4. The molecule has 4 heteroatoms. The highest BCUT2D eigenvalue weighted by Crippen LogP contribution is 2.16. The second kappa shape index (κ2) is 4.99. The first-order valence-electron chi connectivity index (χ1n) is 5.71. The van der Waals surface area contributed by atoms with Gasteiger partial charge in [-0.15, -0.1) is 0 Å². The van der Waals surface area contributed by atoms with E-state index in [1.807, 2.05) is 13.0 Å². The highest BCUT2D eigenvalue weighted by atomic mass is 16.5. The summed E-state index contributed by atoms with van der Waals surface area (Å²) in [7, 11) is 2.11. The molecule has 1 aromatic heterocycles. The molecule has 0 amide bonds. The minimum Gasteiger partial charge on any atom is -0.469 e. The first-order chi connectivity index (χ1) is 7.66. The lowest BCUT2D eigenvalue weighted by Crippen LogP contribution is -2.36. The normalized spacial score (nSPS) is 25.5. The number of hydrogen-bond donors (Lipinski definition) is 1. The van der Waals surface area contributed by atoms with E-state index in [4.69, 9.17) is 14.9 Å². The fourth-order valence-corrected chi connectivity index (χ4v) is 2.13. The number of aryl methyl sites for hydroxylation is 1. The van der Waals surface area contributed by atoms with E-state index >= 15 is 0 Å². The smallest absolute Gasteiger partial charge is 0.105 e. The summed E-state index contributed by atoms with van der Waals surface area (Å²) in [6.45, 7) is 5.37. The summed E-state index contributed by atoms with van der Waals surface area (Å²) in [4.78, 5) is 2.27. The van der Waals surface area contributed by atoms with Crippen molar-refractivity contribution in [2.75, 3.05) is 26.8 Å². The van der Waals surface area contributed by atoms with Crippen molar-refractivity contribution in [3.05, 3.63) is 23.7 Å². The van der Waals surface area contributed by atoms with Gasteiger partial charge in [-0.3, -0.25) is 0 Å². The van der Waals surface area contributed by atoms with Gasteiger partial charge in [0.25, 0.3) is 0 Å². The Bertz CT molecular complexity index is 338. The van der Waals surface area contributed by atoms with Gasteiger partial charge in [-0.2, -0.15) is 0 Å². The van der Waals surface area contributed by atoms with Gasteiger partial charge in [0.2, 0.25) is 0 Å². The predicted octanol–water partition coefficient (Wildman–Crippen LogP) is 0.994. The quantitative estimate of drug-likeness (QED) is 0.828. The molecular formula is C12H20N2O2. The third-order valence-electron chi connectivity index (χ3n) is 3.20. The molecule has 2 unspecified atom stereocenters. The van der Waals surface area contributed by atoms with Gasteiger partial charge in [-0.05, 0) is 20.0 Å². The van der Waals surface area contributed by atoms with E-state index < -0.39 is 0 Å². The van der Waals surface area contributed by atoms with Crippen molar-refractivity contribution in [3.63, 3.8) is 0 Å². The summed E-state index contributed by atoms with van der Waals surface area (Å²) in [5.41, 5.74) is 7.21. The van der Waals surface area contributed by atoms with Crippen LogP contribution in [0, 0.1) is 12.8 Å². The molecule has 2 rings (SSSR count). The third-order valence-corrected chi connectivity index (χ3v) is 3.20. The predicted molar refractivity (Wildman–Crippen MR) is 62.1 cm³/mol. The second-order valence-electron chi connectivity index (χ2n) is 4.66. The molecule has 2 N–H and O–H groups in total. The summed E-state index contributed by atoms with van der Waals surface area (Å²) in [6, 6.07) is 2.21. The Hall–Kier alpha value is -0.840. The Morgan fingerprint density at radius 3 is 2.88 bits per heavy atom. The zero-order valence-electron chi connectivity index (χ0n) is 9.98. The maximum absolute atomic E-state index is 5.96. The second-order valence-corrected chi connectivity index (χ2v) is 4.66. The Morgan fingerprint density at radius 1 is 1.50 bits per heavy atom. The molecule has 0 radical (unpaired) electrons. The van der Waals surface area contributed by atoms with Crippen molar-refractivity contribution in [2.24, 2.45) is 11.7 Å². The fourth-order valence-electron chi connectivity index (χ4n) is 2.13. The van der Waals surface area contributed by atoms with Crippen molar-refractivity contribution in [3.8, 4) is 0 Å². The Kier molecular flexibility index (Phi) is 3.63. The molecule has 0 bridgehead atoms. The first kappa shape index (κ1) is 11.6. The molecule has 1 saturated heterocycles. The molecular weight excluding hydrogens is 204 g/mol. The van der Waals surface area contributed by atoms with Gasteiger partial charge in [-0.1, -0.05) is 0 Å². The summed E-state index contributed by atoms with van der Waals surface area (Å²) in [5, 5.41) is 0. The zero-order valence-corrected chi connectivity index (χ0v) is 9.98. The number of nitrogens with two attached hydrogens (primary N) is 1. The van der Waals surface area contributed by atoms with Gasteiger partial charge in [0.15, 0.2) is 0 Å². The number of nitrogens with zero attached hydrogens (tertiary/aromatic N) is 1. The van der Waals surface area contributed by atoms with Crippen molar-refractivity contribution in [1.82, 2.24) is 4.90 Å². The van der Waals surface area contributed by atoms with Gasteiger partial charge in [0, 0.05) is 30.6 Å². The topological polar surface area (TPSA) is 51.6 Å². The standard InChI is InChI=1S/C12H20N2O2/c1-9-10(3-4-16-9)5-14(2)6-11-7-15-8-12(11)13/h3-4,11-12H,5-8,13H2,1-2H3.